The summed E-state index contributed by atoms with van der Waals surface area (Å²) < 4.78 is 0.941. The van der Waals surface area contributed by atoms with Crippen molar-refractivity contribution in [2.45, 2.75) is 13.5 Å². The van der Waals surface area contributed by atoms with Crippen LogP contribution in [0.4, 0.5) is 5.69 Å². The number of carbonyl (C=O) groups is 2. The summed E-state index contributed by atoms with van der Waals surface area (Å²) in [5.74, 6) is -1.53. The van der Waals surface area contributed by atoms with Crippen molar-refractivity contribution < 1.29 is 14.7 Å². The summed E-state index contributed by atoms with van der Waals surface area (Å²) in [6.07, 6.45) is 0. The Labute approximate surface area is 131 Å². The lowest BCUT2D eigenvalue weighted by Crippen LogP contribution is -2.32. The molecule has 0 spiro atoms. The maximum atomic E-state index is 11.9. The molecule has 21 heavy (non-hydrogen) atoms. The van der Waals surface area contributed by atoms with Crippen molar-refractivity contribution in [3.63, 3.8) is 0 Å². The lowest BCUT2D eigenvalue weighted by atomic mass is 10.1. The summed E-state index contributed by atoms with van der Waals surface area (Å²) in [7, 11) is 0. The first-order valence-corrected chi connectivity index (χ1v) is 7.11. The number of amides is 1. The maximum absolute atomic E-state index is 11.9. The van der Waals surface area contributed by atoms with Crippen molar-refractivity contribution in [3.8, 4) is 0 Å². The Morgan fingerprint density at radius 3 is 2.29 bits per heavy atom. The fraction of sp³-hybridized carbons (Fsp3) is 0.125. The molecule has 0 bridgehead atoms. The fourth-order valence-electron chi connectivity index (χ4n) is 2.02. The number of carboxylic acids is 1. The summed E-state index contributed by atoms with van der Waals surface area (Å²) in [6, 6.07) is 13.8. The van der Waals surface area contributed by atoms with Crippen LogP contribution in [0.25, 0.3) is 0 Å². The van der Waals surface area contributed by atoms with Gasteiger partial charge in [-0.25, -0.2) is 0 Å². The zero-order chi connectivity index (χ0) is 15.4. The molecule has 0 unspecified atom stereocenters. The predicted octanol–water partition coefficient (Wildman–Crippen LogP) is 2.37. The third kappa shape index (κ3) is 3.70. The van der Waals surface area contributed by atoms with Crippen molar-refractivity contribution in [2.75, 3.05) is 4.90 Å². The molecule has 0 aromatic heterocycles. The maximum Gasteiger partial charge on any atom is 0.224 e. The number of hydrogen-bond donors (Lipinski definition) is 0. The third-order valence-electron chi connectivity index (χ3n) is 3.05. The van der Waals surface area contributed by atoms with Crippen molar-refractivity contribution in [1.29, 1.82) is 0 Å². The molecule has 0 aliphatic heterocycles. The fourth-order valence-corrected chi connectivity index (χ4v) is 2.28. The Bertz CT molecular complexity index is 667. The highest BCUT2D eigenvalue weighted by Gasteiger charge is 2.16. The van der Waals surface area contributed by atoms with Crippen LogP contribution in [-0.4, -0.2) is 11.9 Å². The minimum absolute atomic E-state index is 0.00446. The molecule has 2 rings (SSSR count). The predicted molar refractivity (Wildman–Crippen MR) is 81.8 cm³/mol. The number of rotatable bonds is 4. The zero-order valence-electron chi connectivity index (χ0n) is 11.4. The van der Waals surface area contributed by atoms with Gasteiger partial charge in [0.05, 0.1) is 18.2 Å². The first-order valence-electron chi connectivity index (χ1n) is 6.32. The van der Waals surface area contributed by atoms with Crippen molar-refractivity contribution in [1.82, 2.24) is 0 Å². The van der Waals surface area contributed by atoms with Gasteiger partial charge in [-0.05, 0) is 23.8 Å². The first-order chi connectivity index (χ1) is 9.99. The summed E-state index contributed by atoms with van der Waals surface area (Å²) >= 11 is 3.35. The molecule has 2 aromatic rings. The van der Waals surface area contributed by atoms with Crippen LogP contribution in [0.3, 0.4) is 0 Å². The monoisotopic (exact) mass is 346 g/mol. The largest absolute Gasteiger partial charge is 0.545 e. The van der Waals surface area contributed by atoms with E-state index in [4.69, 9.17) is 0 Å². The Morgan fingerprint density at radius 1 is 1.10 bits per heavy atom. The molecule has 0 saturated carbocycles. The minimum atomic E-state index is -1.30. The summed E-state index contributed by atoms with van der Waals surface area (Å²) in [5, 5.41) is 11.2. The third-order valence-corrected chi connectivity index (χ3v) is 3.58. The van der Waals surface area contributed by atoms with Crippen molar-refractivity contribution >= 4 is 33.5 Å². The molecular formula is C16H13BrNO3-. The second kappa shape index (κ2) is 6.54. The molecule has 0 radical (unpaired) electrons. The van der Waals surface area contributed by atoms with E-state index in [0.717, 1.165) is 10.0 Å². The van der Waals surface area contributed by atoms with Crippen LogP contribution in [-0.2, 0) is 11.3 Å². The lowest BCUT2D eigenvalue weighted by molar-refractivity contribution is -0.254. The van der Waals surface area contributed by atoms with Crippen LogP contribution >= 0.6 is 15.9 Å². The van der Waals surface area contributed by atoms with E-state index >= 15 is 0 Å². The van der Waals surface area contributed by atoms with Gasteiger partial charge in [-0.15, -0.1) is 0 Å². The normalized spacial score (nSPS) is 10.2. The number of nitrogens with zero attached hydrogens (tertiary/aromatic N) is 1. The number of aromatic carboxylic acids is 1. The Kier molecular flexibility index (Phi) is 4.75. The average Bonchev–Trinajstić information content (AvgIpc) is 2.46. The van der Waals surface area contributed by atoms with Gasteiger partial charge in [0.25, 0.3) is 0 Å². The van der Waals surface area contributed by atoms with E-state index in [1.807, 2.05) is 24.3 Å². The van der Waals surface area contributed by atoms with Crippen LogP contribution in [0, 0.1) is 0 Å². The Hall–Kier alpha value is -2.14. The number of benzene rings is 2. The number of carbonyl (C=O) groups excluding carboxylic acids is 2. The molecule has 2 aromatic carbocycles. The smallest absolute Gasteiger partial charge is 0.224 e. The van der Waals surface area contributed by atoms with Gasteiger partial charge in [0.2, 0.25) is 5.91 Å². The van der Waals surface area contributed by atoms with Crippen LogP contribution in [0.15, 0.2) is 53.0 Å². The molecule has 0 fully saturated rings. The van der Waals surface area contributed by atoms with Gasteiger partial charge in [0, 0.05) is 17.0 Å². The molecule has 0 heterocycles. The van der Waals surface area contributed by atoms with E-state index < -0.39 is 5.97 Å². The van der Waals surface area contributed by atoms with Crippen molar-refractivity contribution in [3.05, 3.63) is 64.1 Å². The highest BCUT2D eigenvalue weighted by molar-refractivity contribution is 9.10. The van der Waals surface area contributed by atoms with Gasteiger partial charge in [-0.1, -0.05) is 46.3 Å². The number of halogens is 1. The molecule has 1 amide bonds. The number of hydrogen-bond acceptors (Lipinski definition) is 3. The van der Waals surface area contributed by atoms with Gasteiger partial charge in [0.1, 0.15) is 0 Å². The summed E-state index contributed by atoms with van der Waals surface area (Å²) in [5.41, 5.74) is 1.25. The molecule has 0 aliphatic rings. The van der Waals surface area contributed by atoms with Gasteiger partial charge in [-0.3, -0.25) is 4.79 Å². The zero-order valence-corrected chi connectivity index (χ0v) is 13.0. The molecule has 0 saturated heterocycles. The van der Waals surface area contributed by atoms with Gasteiger partial charge in [-0.2, -0.15) is 0 Å². The van der Waals surface area contributed by atoms with Crippen LogP contribution < -0.4 is 10.0 Å². The van der Waals surface area contributed by atoms with E-state index in [2.05, 4.69) is 15.9 Å². The molecule has 0 atom stereocenters. The first kappa shape index (κ1) is 15.3. The SMILES string of the molecule is CC(=O)N(Cc1ccc(Br)cc1)c1ccccc1C(=O)[O-]. The molecular weight excluding hydrogens is 334 g/mol. The van der Waals surface area contributed by atoms with E-state index in [1.54, 1.807) is 18.2 Å². The van der Waals surface area contributed by atoms with Crippen LogP contribution in [0.1, 0.15) is 22.8 Å². The second-order valence-corrected chi connectivity index (χ2v) is 5.45. The summed E-state index contributed by atoms with van der Waals surface area (Å²) in [4.78, 5) is 24.5. The standard InChI is InChI=1S/C16H14BrNO3/c1-11(19)18(10-12-6-8-13(17)9-7-12)15-5-3-2-4-14(15)16(20)21/h2-9H,10H2,1H3,(H,20,21)/p-1. The summed E-state index contributed by atoms with van der Waals surface area (Å²) in [6.45, 7) is 1.71. The van der Waals surface area contributed by atoms with Crippen LogP contribution in [0.5, 0.6) is 0 Å². The molecule has 0 N–H and O–H groups in total. The van der Waals surface area contributed by atoms with E-state index in [0.29, 0.717) is 12.2 Å². The second-order valence-electron chi connectivity index (χ2n) is 4.54. The number of anilines is 1. The molecule has 5 heteroatoms. The molecule has 108 valence electrons. The molecule has 0 aliphatic carbocycles. The van der Waals surface area contributed by atoms with Crippen molar-refractivity contribution in [2.24, 2.45) is 0 Å². The van der Waals surface area contributed by atoms with E-state index in [1.165, 1.54) is 17.9 Å². The minimum Gasteiger partial charge on any atom is -0.545 e. The molecule has 4 nitrogen and oxygen atoms in total. The number of para-hydroxylation sites is 1. The average molecular weight is 347 g/mol. The number of carboxylic acid groups (broad SMARTS) is 1. The van der Waals surface area contributed by atoms with Gasteiger partial charge in [0.15, 0.2) is 0 Å². The highest BCUT2D eigenvalue weighted by Crippen LogP contribution is 2.23. The van der Waals surface area contributed by atoms with Crippen LogP contribution in [0.2, 0.25) is 0 Å². The lowest BCUT2D eigenvalue weighted by Gasteiger charge is -2.24. The quantitative estimate of drug-likeness (QED) is 0.853. The van der Waals surface area contributed by atoms with Gasteiger partial charge < -0.3 is 14.8 Å². The van der Waals surface area contributed by atoms with E-state index in [9.17, 15) is 14.7 Å². The Balaban J connectivity index is 2.38. The van der Waals surface area contributed by atoms with E-state index in [-0.39, 0.29) is 11.5 Å². The Morgan fingerprint density at radius 2 is 1.71 bits per heavy atom. The highest BCUT2D eigenvalue weighted by atomic mass is 79.9. The topological polar surface area (TPSA) is 60.4 Å². The van der Waals surface area contributed by atoms with Gasteiger partial charge >= 0.3 is 0 Å².